The zero-order valence-electron chi connectivity index (χ0n) is 17.7. The van der Waals surface area contributed by atoms with Gasteiger partial charge in [0.05, 0.1) is 30.3 Å². The molecule has 2 aromatic rings. The lowest BCUT2D eigenvalue weighted by Crippen LogP contribution is -2.62. The van der Waals surface area contributed by atoms with Crippen LogP contribution in [0, 0.1) is 5.41 Å². The van der Waals surface area contributed by atoms with Gasteiger partial charge in [0.25, 0.3) is 5.91 Å². The van der Waals surface area contributed by atoms with Crippen molar-refractivity contribution in [3.05, 3.63) is 34.1 Å². The summed E-state index contributed by atoms with van der Waals surface area (Å²) in [6, 6.07) is 2.66. The third-order valence-corrected chi connectivity index (χ3v) is 7.73. The monoisotopic (exact) mass is 485 g/mol. The molecule has 1 N–H and O–H groups in total. The van der Waals surface area contributed by atoms with Gasteiger partial charge in [0, 0.05) is 18.4 Å². The van der Waals surface area contributed by atoms with Gasteiger partial charge in [0.2, 0.25) is 0 Å². The highest BCUT2D eigenvalue weighted by molar-refractivity contribution is 6.36. The fourth-order valence-electron chi connectivity index (χ4n) is 4.80. The number of halogens is 4. The van der Waals surface area contributed by atoms with Crippen molar-refractivity contribution in [2.45, 2.75) is 56.1 Å². The Kier molecular flexibility index (Phi) is 4.63. The Morgan fingerprint density at radius 1 is 1.18 bits per heavy atom. The van der Waals surface area contributed by atoms with E-state index in [0.717, 1.165) is 31.7 Å². The maximum absolute atomic E-state index is 13.7. The van der Waals surface area contributed by atoms with Gasteiger partial charge in [-0.05, 0) is 49.3 Å². The van der Waals surface area contributed by atoms with Crippen molar-refractivity contribution in [2.24, 2.45) is 5.41 Å². The van der Waals surface area contributed by atoms with E-state index >= 15 is 0 Å². The highest BCUT2D eigenvalue weighted by Crippen LogP contribution is 2.51. The lowest BCUT2D eigenvalue weighted by Gasteiger charge is -2.48. The SMILES string of the molecule is O=C(c1nn2c(C(F)(F)F)cc(C3CC3)cc2c1Cl)N1CCC2(OCC3(CC3)CO2)[C@H](O)C1. The standard InChI is InChI=1S/C22H23ClF3N3O4/c23-17-14-7-13(12-1-2-12)8-15(22(24,25)26)29(14)27-18(17)19(31)28-6-5-21(16(30)9-28)32-10-20(3-4-20)11-33-21/h7-8,12,16,30H,1-6,9-11H2/t16-/m1/s1. The topological polar surface area (TPSA) is 76.3 Å². The molecule has 2 aromatic heterocycles. The molecule has 1 atom stereocenters. The number of pyridine rings is 1. The molecule has 2 aliphatic heterocycles. The zero-order valence-corrected chi connectivity index (χ0v) is 18.5. The van der Waals surface area contributed by atoms with Gasteiger partial charge in [0.15, 0.2) is 11.5 Å². The van der Waals surface area contributed by atoms with E-state index in [2.05, 4.69) is 5.10 Å². The predicted octanol–water partition coefficient (Wildman–Crippen LogP) is 3.61. The van der Waals surface area contributed by atoms with Gasteiger partial charge in [-0.15, -0.1) is 0 Å². The minimum absolute atomic E-state index is 0.0550. The molecule has 4 aliphatic rings. The number of β-amino-alcohol motifs (C(OH)–C–C–N with tert-alkyl or cyclic N) is 1. The number of hydrogen-bond donors (Lipinski definition) is 1. The van der Waals surface area contributed by atoms with Crippen molar-refractivity contribution in [2.75, 3.05) is 26.3 Å². The van der Waals surface area contributed by atoms with Crippen LogP contribution >= 0.6 is 11.6 Å². The minimum Gasteiger partial charge on any atom is -0.386 e. The van der Waals surface area contributed by atoms with E-state index in [4.69, 9.17) is 21.1 Å². The first-order valence-electron chi connectivity index (χ1n) is 11.2. The number of carbonyl (C=O) groups excluding carboxylic acids is 1. The lowest BCUT2D eigenvalue weighted by molar-refractivity contribution is -0.336. The van der Waals surface area contributed by atoms with E-state index in [1.165, 1.54) is 4.90 Å². The van der Waals surface area contributed by atoms with Gasteiger partial charge in [-0.3, -0.25) is 4.79 Å². The van der Waals surface area contributed by atoms with Gasteiger partial charge in [-0.2, -0.15) is 18.3 Å². The van der Waals surface area contributed by atoms with Crippen LogP contribution in [0.1, 0.15) is 59.8 Å². The van der Waals surface area contributed by atoms with Crippen molar-refractivity contribution in [1.82, 2.24) is 14.5 Å². The quantitative estimate of drug-likeness (QED) is 0.703. The van der Waals surface area contributed by atoms with Crippen molar-refractivity contribution < 1.29 is 32.5 Å². The Bertz CT molecular complexity index is 1130. The van der Waals surface area contributed by atoms with Crippen LogP contribution in [0.3, 0.4) is 0 Å². The third kappa shape index (κ3) is 3.53. The molecule has 2 aliphatic carbocycles. The number of ether oxygens (including phenoxy) is 2. The van der Waals surface area contributed by atoms with Crippen LogP contribution < -0.4 is 0 Å². The second-order valence-electron chi connectivity index (χ2n) is 9.81. The van der Waals surface area contributed by atoms with Crippen LogP contribution in [0.4, 0.5) is 13.2 Å². The first kappa shape index (κ1) is 21.6. The van der Waals surface area contributed by atoms with Gasteiger partial charge in [-0.1, -0.05) is 11.6 Å². The molecular formula is C22H23ClF3N3O4. The van der Waals surface area contributed by atoms with Gasteiger partial charge < -0.3 is 19.5 Å². The van der Waals surface area contributed by atoms with E-state index in [9.17, 15) is 23.1 Å². The summed E-state index contributed by atoms with van der Waals surface area (Å²) in [5.41, 5.74) is -0.554. The van der Waals surface area contributed by atoms with E-state index in [1.54, 1.807) is 6.07 Å². The fourth-order valence-corrected chi connectivity index (χ4v) is 5.05. The number of aromatic nitrogens is 2. The van der Waals surface area contributed by atoms with Crippen LogP contribution in [0.25, 0.3) is 5.52 Å². The number of alkyl halides is 3. The molecule has 0 radical (unpaired) electrons. The highest BCUT2D eigenvalue weighted by atomic mass is 35.5. The molecular weight excluding hydrogens is 463 g/mol. The molecule has 7 nitrogen and oxygen atoms in total. The second-order valence-corrected chi connectivity index (χ2v) is 10.2. The number of likely N-dealkylation sites (tertiary alicyclic amines) is 1. The third-order valence-electron chi connectivity index (χ3n) is 7.36. The number of rotatable bonds is 2. The highest BCUT2D eigenvalue weighted by Gasteiger charge is 2.55. The molecule has 6 rings (SSSR count). The smallest absolute Gasteiger partial charge is 0.386 e. The molecule has 1 amide bonds. The Morgan fingerprint density at radius 2 is 1.88 bits per heavy atom. The Morgan fingerprint density at radius 3 is 2.45 bits per heavy atom. The average molecular weight is 486 g/mol. The number of fused-ring (bicyclic) bond motifs is 1. The molecule has 0 bridgehead atoms. The van der Waals surface area contributed by atoms with Crippen LogP contribution in [-0.2, 0) is 15.7 Å². The van der Waals surface area contributed by atoms with Crippen LogP contribution in [-0.4, -0.2) is 63.7 Å². The molecule has 0 aromatic carbocycles. The molecule has 0 unspecified atom stereocenters. The number of hydrogen-bond acceptors (Lipinski definition) is 5. The van der Waals surface area contributed by atoms with E-state index in [0.29, 0.717) is 23.3 Å². The van der Waals surface area contributed by atoms with Crippen LogP contribution in [0.5, 0.6) is 0 Å². The maximum atomic E-state index is 13.7. The number of aliphatic hydroxyl groups is 1. The number of piperidine rings is 1. The lowest BCUT2D eigenvalue weighted by atomic mass is 9.97. The average Bonchev–Trinajstić information content (AvgIpc) is 3.71. The molecule has 33 heavy (non-hydrogen) atoms. The largest absolute Gasteiger partial charge is 0.433 e. The number of nitrogens with zero attached hydrogens (tertiary/aromatic N) is 3. The summed E-state index contributed by atoms with van der Waals surface area (Å²) in [6.45, 7) is 1.14. The summed E-state index contributed by atoms with van der Waals surface area (Å²) < 4.78 is 53.7. The van der Waals surface area contributed by atoms with E-state index < -0.39 is 29.7 Å². The first-order valence-corrected chi connectivity index (χ1v) is 11.5. The normalized spacial score (nSPS) is 26.3. The molecule has 11 heteroatoms. The van der Waals surface area contributed by atoms with E-state index in [-0.39, 0.29) is 47.1 Å². The predicted molar refractivity (Wildman–Crippen MR) is 110 cm³/mol. The molecule has 2 spiro atoms. The molecule has 2 saturated heterocycles. The zero-order chi connectivity index (χ0) is 23.2. The van der Waals surface area contributed by atoms with E-state index in [1.807, 2.05) is 0 Å². The molecule has 4 heterocycles. The summed E-state index contributed by atoms with van der Waals surface area (Å²) in [5, 5.41) is 14.6. The van der Waals surface area contributed by atoms with Gasteiger partial charge in [0.1, 0.15) is 11.8 Å². The summed E-state index contributed by atoms with van der Waals surface area (Å²) in [6.07, 6.45) is -1.76. The van der Waals surface area contributed by atoms with Gasteiger partial charge >= 0.3 is 6.18 Å². The molecule has 4 fully saturated rings. The Hall–Kier alpha value is -1.88. The second kappa shape index (κ2) is 7.07. The number of aliphatic hydroxyl groups excluding tert-OH is 1. The van der Waals surface area contributed by atoms with Crippen LogP contribution in [0.2, 0.25) is 5.02 Å². The summed E-state index contributed by atoms with van der Waals surface area (Å²) in [4.78, 5) is 14.5. The summed E-state index contributed by atoms with van der Waals surface area (Å²) >= 11 is 6.40. The number of carbonyl (C=O) groups is 1. The summed E-state index contributed by atoms with van der Waals surface area (Å²) in [7, 11) is 0. The van der Waals surface area contributed by atoms with Gasteiger partial charge in [-0.25, -0.2) is 4.52 Å². The Labute approximate surface area is 192 Å². The Balaban J connectivity index is 1.28. The first-order chi connectivity index (χ1) is 15.6. The van der Waals surface area contributed by atoms with Crippen molar-refractivity contribution in [3.63, 3.8) is 0 Å². The van der Waals surface area contributed by atoms with Crippen molar-refractivity contribution in [3.8, 4) is 0 Å². The minimum atomic E-state index is -4.65. The molecule has 178 valence electrons. The summed E-state index contributed by atoms with van der Waals surface area (Å²) in [5.74, 6) is -1.72. The molecule has 2 saturated carbocycles. The number of amides is 1. The van der Waals surface area contributed by atoms with Crippen molar-refractivity contribution in [1.29, 1.82) is 0 Å². The van der Waals surface area contributed by atoms with Crippen LogP contribution in [0.15, 0.2) is 12.1 Å². The van der Waals surface area contributed by atoms with Crippen molar-refractivity contribution >= 4 is 23.0 Å². The fraction of sp³-hybridized carbons (Fsp3) is 0.636. The maximum Gasteiger partial charge on any atom is 0.433 e.